The highest BCUT2D eigenvalue weighted by Crippen LogP contribution is 2.28. The zero-order chi connectivity index (χ0) is 18.4. The van der Waals surface area contributed by atoms with Crippen molar-refractivity contribution in [2.45, 2.75) is 51.0 Å². The number of aromatic nitrogens is 3. The van der Waals surface area contributed by atoms with Crippen LogP contribution in [0.1, 0.15) is 61.5 Å². The van der Waals surface area contributed by atoms with Gasteiger partial charge >= 0.3 is 0 Å². The van der Waals surface area contributed by atoms with Gasteiger partial charge in [-0.05, 0) is 25.7 Å². The van der Waals surface area contributed by atoms with Crippen LogP contribution in [0.4, 0.5) is 0 Å². The number of rotatable bonds is 6. The lowest BCUT2D eigenvalue weighted by atomic mass is 9.87. The first kappa shape index (κ1) is 18.8. The van der Waals surface area contributed by atoms with Gasteiger partial charge in [-0.15, -0.1) is 5.10 Å². The summed E-state index contributed by atoms with van der Waals surface area (Å²) in [6.45, 7) is 2.38. The second kappa shape index (κ2) is 9.12. The number of amides is 2. The molecular formula is C18H29N5O3. The number of carbonyl (C=O) groups excluding carboxylic acids is 2. The highest BCUT2D eigenvalue weighted by Gasteiger charge is 2.31. The summed E-state index contributed by atoms with van der Waals surface area (Å²) in [5.74, 6) is 0.242. The minimum atomic E-state index is -0.251. The first-order valence-electron chi connectivity index (χ1n) is 9.67. The van der Waals surface area contributed by atoms with Gasteiger partial charge in [-0.3, -0.25) is 9.59 Å². The predicted molar refractivity (Wildman–Crippen MR) is 95.7 cm³/mol. The molecule has 2 amide bonds. The molecule has 26 heavy (non-hydrogen) atoms. The van der Waals surface area contributed by atoms with E-state index in [0.29, 0.717) is 31.3 Å². The van der Waals surface area contributed by atoms with Crippen LogP contribution in [0.5, 0.6) is 0 Å². The van der Waals surface area contributed by atoms with Crippen molar-refractivity contribution in [3.8, 4) is 0 Å². The Morgan fingerprint density at radius 3 is 2.81 bits per heavy atom. The maximum atomic E-state index is 12.8. The number of methoxy groups -OCH3 is 1. The summed E-state index contributed by atoms with van der Waals surface area (Å²) in [4.78, 5) is 26.8. The van der Waals surface area contributed by atoms with Gasteiger partial charge in [-0.1, -0.05) is 24.5 Å². The highest BCUT2D eigenvalue weighted by atomic mass is 16.5. The third-order valence-electron chi connectivity index (χ3n) is 5.37. The van der Waals surface area contributed by atoms with Crippen LogP contribution in [-0.4, -0.2) is 65.1 Å². The molecule has 1 aromatic heterocycles. The molecule has 8 heteroatoms. The third-order valence-corrected chi connectivity index (χ3v) is 5.37. The Morgan fingerprint density at radius 1 is 1.23 bits per heavy atom. The van der Waals surface area contributed by atoms with Gasteiger partial charge in [0.25, 0.3) is 5.91 Å². The Balaban J connectivity index is 1.57. The van der Waals surface area contributed by atoms with Crippen LogP contribution in [0.15, 0.2) is 6.20 Å². The summed E-state index contributed by atoms with van der Waals surface area (Å²) in [6.07, 6.45) is 9.21. The highest BCUT2D eigenvalue weighted by molar-refractivity contribution is 5.91. The zero-order valence-electron chi connectivity index (χ0n) is 15.5. The molecule has 0 aromatic carbocycles. The second-order valence-electron chi connectivity index (χ2n) is 7.25. The molecule has 1 N–H and O–H groups in total. The number of nitrogens with one attached hydrogen (secondary N) is 1. The van der Waals surface area contributed by atoms with Crippen molar-refractivity contribution in [3.63, 3.8) is 0 Å². The molecule has 1 unspecified atom stereocenters. The van der Waals surface area contributed by atoms with Crippen LogP contribution < -0.4 is 5.32 Å². The molecular weight excluding hydrogens is 334 g/mol. The van der Waals surface area contributed by atoms with Gasteiger partial charge in [-0.25, -0.2) is 4.68 Å². The number of hydrogen-bond acceptors (Lipinski definition) is 5. The summed E-state index contributed by atoms with van der Waals surface area (Å²) in [6, 6.07) is 0.0873. The Hall–Kier alpha value is -1.96. The fourth-order valence-electron chi connectivity index (χ4n) is 3.89. The van der Waals surface area contributed by atoms with E-state index >= 15 is 0 Å². The summed E-state index contributed by atoms with van der Waals surface area (Å²) in [5.41, 5.74) is 0.303. The van der Waals surface area contributed by atoms with E-state index in [1.807, 2.05) is 4.90 Å². The number of carbonyl (C=O) groups is 2. The molecule has 0 bridgehead atoms. The maximum Gasteiger partial charge on any atom is 0.273 e. The minimum absolute atomic E-state index is 0.0873. The summed E-state index contributed by atoms with van der Waals surface area (Å²) in [5, 5.41) is 10.9. The Morgan fingerprint density at radius 2 is 2.04 bits per heavy atom. The number of nitrogens with zero attached hydrogens (tertiary/aromatic N) is 4. The Labute approximate surface area is 154 Å². The molecule has 1 aliphatic carbocycles. The van der Waals surface area contributed by atoms with Gasteiger partial charge in [0.05, 0.1) is 18.8 Å². The lowest BCUT2D eigenvalue weighted by Gasteiger charge is -2.35. The summed E-state index contributed by atoms with van der Waals surface area (Å²) < 4.78 is 6.66. The fraction of sp³-hybridized carbons (Fsp3) is 0.778. The van der Waals surface area contributed by atoms with Crippen molar-refractivity contribution in [1.29, 1.82) is 0 Å². The molecule has 1 aliphatic heterocycles. The lowest BCUT2D eigenvalue weighted by Crippen LogP contribution is -2.44. The molecule has 144 valence electrons. The van der Waals surface area contributed by atoms with Crippen LogP contribution in [0.2, 0.25) is 0 Å². The molecule has 2 aliphatic rings. The first-order valence-corrected chi connectivity index (χ1v) is 9.67. The van der Waals surface area contributed by atoms with E-state index in [4.69, 9.17) is 4.74 Å². The van der Waals surface area contributed by atoms with E-state index in [2.05, 4.69) is 15.6 Å². The van der Waals surface area contributed by atoms with Gasteiger partial charge in [0.15, 0.2) is 5.69 Å². The third kappa shape index (κ3) is 4.60. The van der Waals surface area contributed by atoms with Crippen LogP contribution in [0, 0.1) is 5.92 Å². The molecule has 1 saturated carbocycles. The average molecular weight is 363 g/mol. The number of ether oxygens (including phenoxy) is 1. The van der Waals surface area contributed by atoms with E-state index in [-0.39, 0.29) is 17.9 Å². The minimum Gasteiger partial charge on any atom is -0.383 e. The van der Waals surface area contributed by atoms with Crippen molar-refractivity contribution in [2.75, 3.05) is 33.4 Å². The largest absolute Gasteiger partial charge is 0.383 e. The van der Waals surface area contributed by atoms with E-state index < -0.39 is 0 Å². The van der Waals surface area contributed by atoms with E-state index in [1.54, 1.807) is 18.0 Å². The molecule has 2 fully saturated rings. The molecule has 1 aromatic rings. The standard InChI is InChI=1S/C18H29N5O3/c1-26-11-9-19-17(24)16-13-23(21-20-16)15-8-5-10-22(12-15)18(25)14-6-3-2-4-7-14/h13-15H,2-12H2,1H3,(H,19,24). The predicted octanol–water partition coefficient (Wildman–Crippen LogP) is 1.40. The quantitative estimate of drug-likeness (QED) is 0.772. The Kier molecular flexibility index (Phi) is 6.60. The van der Waals surface area contributed by atoms with Gasteiger partial charge in [-0.2, -0.15) is 0 Å². The molecule has 8 nitrogen and oxygen atoms in total. The molecule has 1 atom stereocenters. The number of likely N-dealkylation sites (tertiary alicyclic amines) is 1. The Bertz CT molecular complexity index is 612. The topological polar surface area (TPSA) is 89.4 Å². The average Bonchev–Trinajstić information content (AvgIpc) is 3.19. The normalized spacial score (nSPS) is 21.6. The molecule has 1 saturated heterocycles. The van der Waals surface area contributed by atoms with Crippen molar-refractivity contribution in [3.05, 3.63) is 11.9 Å². The van der Waals surface area contributed by atoms with E-state index in [1.165, 1.54) is 6.42 Å². The van der Waals surface area contributed by atoms with Crippen LogP contribution in [-0.2, 0) is 9.53 Å². The molecule has 3 rings (SSSR count). The lowest BCUT2D eigenvalue weighted by molar-refractivity contribution is -0.138. The van der Waals surface area contributed by atoms with Crippen molar-refractivity contribution < 1.29 is 14.3 Å². The van der Waals surface area contributed by atoms with Gasteiger partial charge in [0, 0.05) is 32.7 Å². The number of hydrogen-bond donors (Lipinski definition) is 1. The number of piperidine rings is 1. The van der Waals surface area contributed by atoms with Gasteiger partial charge in [0.2, 0.25) is 5.91 Å². The van der Waals surface area contributed by atoms with E-state index in [9.17, 15) is 9.59 Å². The summed E-state index contributed by atoms with van der Waals surface area (Å²) >= 11 is 0. The summed E-state index contributed by atoms with van der Waals surface area (Å²) in [7, 11) is 1.59. The van der Waals surface area contributed by atoms with E-state index in [0.717, 1.165) is 45.1 Å². The molecule has 0 radical (unpaired) electrons. The van der Waals surface area contributed by atoms with Crippen molar-refractivity contribution in [1.82, 2.24) is 25.2 Å². The van der Waals surface area contributed by atoms with Crippen LogP contribution >= 0.6 is 0 Å². The first-order chi connectivity index (χ1) is 12.7. The smallest absolute Gasteiger partial charge is 0.273 e. The fourth-order valence-corrected chi connectivity index (χ4v) is 3.89. The van der Waals surface area contributed by atoms with Crippen LogP contribution in [0.3, 0.4) is 0 Å². The second-order valence-corrected chi connectivity index (χ2v) is 7.25. The monoisotopic (exact) mass is 363 g/mol. The van der Waals surface area contributed by atoms with Gasteiger partial charge in [0.1, 0.15) is 0 Å². The van der Waals surface area contributed by atoms with Crippen molar-refractivity contribution in [2.24, 2.45) is 5.92 Å². The van der Waals surface area contributed by atoms with Gasteiger partial charge < -0.3 is 15.0 Å². The molecule has 2 heterocycles. The molecule has 0 spiro atoms. The maximum absolute atomic E-state index is 12.8. The van der Waals surface area contributed by atoms with Crippen molar-refractivity contribution >= 4 is 11.8 Å². The SMILES string of the molecule is COCCNC(=O)c1cn(C2CCCN(C(=O)C3CCCCC3)C2)nn1. The zero-order valence-corrected chi connectivity index (χ0v) is 15.5. The van der Waals surface area contributed by atoms with Crippen LogP contribution in [0.25, 0.3) is 0 Å².